The van der Waals surface area contributed by atoms with Crippen LogP contribution in [0.3, 0.4) is 0 Å². The van der Waals surface area contributed by atoms with E-state index in [4.69, 9.17) is 14.2 Å². The van der Waals surface area contributed by atoms with Gasteiger partial charge in [-0.05, 0) is 96.2 Å². The zero-order valence-electron chi connectivity index (χ0n) is 29.8. The van der Waals surface area contributed by atoms with Gasteiger partial charge in [-0.1, -0.05) is 82.3 Å². The highest BCUT2D eigenvalue weighted by molar-refractivity contribution is 5.87. The molecule has 2 N–H and O–H groups in total. The van der Waals surface area contributed by atoms with Crippen LogP contribution in [0.1, 0.15) is 75.6 Å². The van der Waals surface area contributed by atoms with E-state index in [-0.39, 0.29) is 39.0 Å². The highest BCUT2D eigenvalue weighted by Gasteiger charge is 2.18. The summed E-state index contributed by atoms with van der Waals surface area (Å²) >= 11 is 0. The fourth-order valence-corrected chi connectivity index (χ4v) is 5.58. The van der Waals surface area contributed by atoms with Crippen LogP contribution in [0.25, 0.3) is 22.3 Å². The molecule has 0 aliphatic carbocycles. The Balaban J connectivity index is 2.03. The van der Waals surface area contributed by atoms with Crippen LogP contribution in [0.4, 0.5) is 0 Å². The lowest BCUT2D eigenvalue weighted by molar-refractivity contribution is -0.139. The molecule has 0 atom stereocenters. The maximum Gasteiger partial charge on any atom is 0.333 e. The lowest BCUT2D eigenvalue weighted by atomic mass is 9.90. The normalized spacial score (nSPS) is 11.0. The molecule has 0 heterocycles. The number of aryl methyl sites for hydroxylation is 2. The van der Waals surface area contributed by atoms with E-state index >= 15 is 0 Å². The molecule has 7 heteroatoms. The lowest BCUT2D eigenvalue weighted by Crippen LogP contribution is -2.16. The van der Waals surface area contributed by atoms with Gasteiger partial charge >= 0.3 is 11.9 Å². The summed E-state index contributed by atoms with van der Waals surface area (Å²) in [6.07, 6.45) is 6.79. The van der Waals surface area contributed by atoms with Gasteiger partial charge in [0, 0.05) is 43.1 Å². The number of aliphatic hydroxyl groups excluding tert-OH is 2. The maximum atomic E-state index is 12.2. The molecule has 0 aliphatic heterocycles. The molecule has 0 aliphatic rings. The third-order valence-electron chi connectivity index (χ3n) is 8.59. The number of benzene rings is 3. The molecule has 264 valence electrons. The van der Waals surface area contributed by atoms with Gasteiger partial charge in [0.2, 0.25) is 0 Å². The number of aliphatic hydroxyl groups is 2. The third kappa shape index (κ3) is 12.0. The van der Waals surface area contributed by atoms with Crippen LogP contribution in [0.5, 0.6) is 5.75 Å². The lowest BCUT2D eigenvalue weighted by Gasteiger charge is -2.21. The Labute approximate surface area is 292 Å². The Kier molecular flexibility index (Phi) is 16.3. The van der Waals surface area contributed by atoms with E-state index in [9.17, 15) is 19.8 Å². The molecule has 0 fully saturated rings. The molecule has 0 bridgehead atoms. The molecule has 0 amide bonds. The summed E-state index contributed by atoms with van der Waals surface area (Å²) < 4.78 is 17.3. The predicted octanol–water partition coefficient (Wildman–Crippen LogP) is 8.01. The van der Waals surface area contributed by atoms with E-state index in [2.05, 4.69) is 81.6 Å². The van der Waals surface area contributed by atoms with Crippen molar-refractivity contribution in [2.75, 3.05) is 33.0 Å². The van der Waals surface area contributed by atoms with Gasteiger partial charge in [-0.15, -0.1) is 0 Å². The number of carbonyl (C=O) groups is 2. The van der Waals surface area contributed by atoms with Gasteiger partial charge in [-0.3, -0.25) is 0 Å². The molecule has 3 aromatic rings. The Hall–Kier alpha value is -4.20. The zero-order valence-corrected chi connectivity index (χ0v) is 29.8. The summed E-state index contributed by atoms with van der Waals surface area (Å²) in [6, 6.07) is 19.6. The first-order chi connectivity index (χ1) is 23.6. The molecule has 3 rings (SSSR count). The highest BCUT2D eigenvalue weighted by Crippen LogP contribution is 2.36. The molecule has 3 aromatic carbocycles. The number of unbranched alkanes of at least 4 members (excludes halogenated alkanes) is 2. The maximum absolute atomic E-state index is 12.2. The average molecular weight is 671 g/mol. The second kappa shape index (κ2) is 20.3. The monoisotopic (exact) mass is 670 g/mol. The number of hydrogen-bond donors (Lipinski definition) is 2. The summed E-state index contributed by atoms with van der Waals surface area (Å²) in [5.41, 5.74) is 9.25. The smallest absolute Gasteiger partial charge is 0.333 e. The Morgan fingerprint density at radius 1 is 0.694 bits per heavy atom. The molecule has 0 saturated carbocycles. The molecule has 0 spiro atoms. The van der Waals surface area contributed by atoms with Gasteiger partial charge in [0.1, 0.15) is 5.75 Å². The molecule has 0 aromatic heterocycles. The minimum atomic E-state index is -0.461. The van der Waals surface area contributed by atoms with E-state index in [0.717, 1.165) is 40.7 Å². The standard InChI is InChI=1S/C42H54O7/c1-7-9-10-11-31-12-14-34(15-13-31)35-16-17-39(33(8-2)24-35)38-25-36(19-22-48-41(45)29(3)4)40(47-21-18-32(27-43)28-44)37(26-38)20-23-49-42(46)30(5)6/h12-17,24-26,32,43-44H,3,5,7-11,18-23,27-28H2,1-2,4,6H3. The van der Waals surface area contributed by atoms with Gasteiger partial charge in [0.25, 0.3) is 0 Å². The van der Waals surface area contributed by atoms with Crippen molar-refractivity contribution in [1.29, 1.82) is 0 Å². The Morgan fingerprint density at radius 2 is 1.24 bits per heavy atom. The highest BCUT2D eigenvalue weighted by atomic mass is 16.5. The minimum absolute atomic E-state index is 0.125. The Morgan fingerprint density at radius 3 is 1.76 bits per heavy atom. The van der Waals surface area contributed by atoms with Gasteiger partial charge < -0.3 is 24.4 Å². The molecule has 0 radical (unpaired) electrons. The van der Waals surface area contributed by atoms with Gasteiger partial charge in [-0.2, -0.15) is 0 Å². The van der Waals surface area contributed by atoms with Crippen molar-refractivity contribution in [2.24, 2.45) is 5.92 Å². The van der Waals surface area contributed by atoms with Crippen LogP contribution in [0.15, 0.2) is 78.9 Å². The summed E-state index contributed by atoms with van der Waals surface area (Å²) in [4.78, 5) is 24.4. The van der Waals surface area contributed by atoms with Crippen molar-refractivity contribution in [1.82, 2.24) is 0 Å². The summed E-state index contributed by atoms with van der Waals surface area (Å²) in [7, 11) is 0. The molecule has 0 unspecified atom stereocenters. The molecule has 7 nitrogen and oxygen atoms in total. The molecule has 0 saturated heterocycles. The van der Waals surface area contributed by atoms with Gasteiger partial charge in [0.15, 0.2) is 0 Å². The van der Waals surface area contributed by atoms with Crippen LogP contribution < -0.4 is 4.74 Å². The van der Waals surface area contributed by atoms with E-state index in [1.54, 1.807) is 13.8 Å². The van der Waals surface area contributed by atoms with Crippen LogP contribution in [-0.4, -0.2) is 55.2 Å². The second-order valence-electron chi connectivity index (χ2n) is 12.7. The topological polar surface area (TPSA) is 102 Å². The van der Waals surface area contributed by atoms with Gasteiger partial charge in [-0.25, -0.2) is 9.59 Å². The quantitative estimate of drug-likeness (QED) is 0.0673. The average Bonchev–Trinajstić information content (AvgIpc) is 3.10. The van der Waals surface area contributed by atoms with E-state index in [0.29, 0.717) is 36.2 Å². The van der Waals surface area contributed by atoms with Crippen molar-refractivity contribution >= 4 is 11.9 Å². The van der Waals surface area contributed by atoms with Crippen molar-refractivity contribution in [3.63, 3.8) is 0 Å². The summed E-state index contributed by atoms with van der Waals surface area (Å²) in [6.45, 7) is 15.2. The predicted molar refractivity (Wildman–Crippen MR) is 197 cm³/mol. The second-order valence-corrected chi connectivity index (χ2v) is 12.7. The first kappa shape index (κ1) is 39.2. The van der Waals surface area contributed by atoms with E-state index in [1.165, 1.54) is 36.0 Å². The molecular weight excluding hydrogens is 616 g/mol. The fraction of sp³-hybridized carbons (Fsp3) is 0.429. The van der Waals surface area contributed by atoms with Crippen LogP contribution in [0, 0.1) is 5.92 Å². The number of rotatable bonds is 21. The molecule has 49 heavy (non-hydrogen) atoms. The summed E-state index contributed by atoms with van der Waals surface area (Å²) in [5.74, 6) is -0.610. The minimum Gasteiger partial charge on any atom is -0.493 e. The number of hydrogen-bond acceptors (Lipinski definition) is 7. The van der Waals surface area contributed by atoms with Crippen molar-refractivity contribution in [2.45, 2.75) is 79.1 Å². The Bertz CT molecular complexity index is 1500. The van der Waals surface area contributed by atoms with Crippen LogP contribution in [0.2, 0.25) is 0 Å². The first-order valence-corrected chi connectivity index (χ1v) is 17.5. The molecular formula is C42H54O7. The van der Waals surface area contributed by atoms with Gasteiger partial charge in [0.05, 0.1) is 19.8 Å². The SMILES string of the molecule is C=C(C)C(=O)OCCc1cc(-c2ccc(-c3ccc(CCCCC)cc3)cc2CC)cc(CCOC(=O)C(=C)C)c1OCCC(CO)CO. The van der Waals surface area contributed by atoms with E-state index < -0.39 is 11.9 Å². The number of esters is 2. The van der Waals surface area contributed by atoms with Crippen molar-refractivity contribution in [3.8, 4) is 28.0 Å². The van der Waals surface area contributed by atoms with Crippen LogP contribution >= 0.6 is 0 Å². The fourth-order valence-electron chi connectivity index (χ4n) is 5.58. The first-order valence-electron chi connectivity index (χ1n) is 17.5. The third-order valence-corrected chi connectivity index (χ3v) is 8.59. The number of carbonyl (C=O) groups excluding carboxylic acids is 2. The largest absolute Gasteiger partial charge is 0.493 e. The van der Waals surface area contributed by atoms with Crippen molar-refractivity contribution < 1.29 is 34.0 Å². The van der Waals surface area contributed by atoms with E-state index in [1.807, 2.05) is 0 Å². The van der Waals surface area contributed by atoms with Crippen molar-refractivity contribution in [3.05, 3.63) is 101 Å². The zero-order chi connectivity index (χ0) is 35.8. The summed E-state index contributed by atoms with van der Waals surface area (Å²) in [5, 5.41) is 19.2. The van der Waals surface area contributed by atoms with Crippen LogP contribution in [-0.2, 0) is 44.7 Å². The number of ether oxygens (including phenoxy) is 3.